The molecular weight excluding hydrogens is 470 g/mol. The molecule has 1 amide bonds. The molecule has 1 unspecified atom stereocenters. The SMILES string of the molecule is NCc1ccc(S(=O)(=O)N2CC(C3CCCCC3)C[C@H](C(=O)N3CCS(=O)(=O)CC3)C2)s1. The van der Waals surface area contributed by atoms with Crippen molar-refractivity contribution in [1.82, 2.24) is 9.21 Å². The summed E-state index contributed by atoms with van der Waals surface area (Å²) in [6.07, 6.45) is 6.36. The Kier molecular flexibility index (Phi) is 7.31. The summed E-state index contributed by atoms with van der Waals surface area (Å²) < 4.78 is 52.3. The van der Waals surface area contributed by atoms with E-state index in [0.29, 0.717) is 25.4 Å². The van der Waals surface area contributed by atoms with Crippen LogP contribution in [-0.4, -0.2) is 69.6 Å². The summed E-state index contributed by atoms with van der Waals surface area (Å²) in [6, 6.07) is 3.36. The standard InChI is InChI=1S/C21H33N3O5S3/c22-13-19-6-7-20(30-19)32(28,29)24-14-17(16-4-2-1-3-5-16)12-18(15-24)21(25)23-8-10-31(26,27)11-9-23/h6-7,16-18H,1-5,8-15,22H2/t17?,18-/m0/s1. The van der Waals surface area contributed by atoms with Crippen LogP contribution in [0.1, 0.15) is 43.4 Å². The van der Waals surface area contributed by atoms with Crippen LogP contribution in [0.4, 0.5) is 0 Å². The van der Waals surface area contributed by atoms with Crippen molar-refractivity contribution in [3.05, 3.63) is 17.0 Å². The lowest BCUT2D eigenvalue weighted by Gasteiger charge is -2.42. The van der Waals surface area contributed by atoms with Crippen LogP contribution < -0.4 is 5.73 Å². The summed E-state index contributed by atoms with van der Waals surface area (Å²) in [6.45, 7) is 1.29. The van der Waals surface area contributed by atoms with Gasteiger partial charge < -0.3 is 10.6 Å². The summed E-state index contributed by atoms with van der Waals surface area (Å²) in [5, 5.41) is 0. The third kappa shape index (κ3) is 5.22. The van der Waals surface area contributed by atoms with Crippen LogP contribution >= 0.6 is 11.3 Å². The molecule has 0 radical (unpaired) electrons. The minimum Gasteiger partial charge on any atom is -0.340 e. The molecule has 1 aromatic heterocycles. The summed E-state index contributed by atoms with van der Waals surface area (Å²) in [7, 11) is -6.80. The van der Waals surface area contributed by atoms with Crippen molar-refractivity contribution in [3.8, 4) is 0 Å². The largest absolute Gasteiger partial charge is 0.340 e. The minimum absolute atomic E-state index is 0.0173. The van der Waals surface area contributed by atoms with Gasteiger partial charge in [-0.25, -0.2) is 16.8 Å². The van der Waals surface area contributed by atoms with Crippen molar-refractivity contribution in [3.63, 3.8) is 0 Å². The van der Waals surface area contributed by atoms with Crippen LogP contribution in [0.15, 0.2) is 16.3 Å². The van der Waals surface area contributed by atoms with Gasteiger partial charge in [0.25, 0.3) is 10.0 Å². The van der Waals surface area contributed by atoms with Gasteiger partial charge in [0.1, 0.15) is 4.21 Å². The highest BCUT2D eigenvalue weighted by molar-refractivity contribution is 7.91. The molecule has 4 rings (SSSR count). The molecule has 2 N–H and O–H groups in total. The van der Waals surface area contributed by atoms with Gasteiger partial charge in [-0.3, -0.25) is 4.79 Å². The average Bonchev–Trinajstić information content (AvgIpc) is 3.29. The van der Waals surface area contributed by atoms with Gasteiger partial charge in [0.2, 0.25) is 5.91 Å². The highest BCUT2D eigenvalue weighted by Crippen LogP contribution is 2.39. The molecule has 1 aromatic rings. The van der Waals surface area contributed by atoms with E-state index in [9.17, 15) is 21.6 Å². The molecule has 0 aromatic carbocycles. The third-order valence-corrected chi connectivity index (χ3v) is 12.2. The molecule has 32 heavy (non-hydrogen) atoms. The second-order valence-electron chi connectivity index (χ2n) is 9.31. The predicted molar refractivity (Wildman–Crippen MR) is 124 cm³/mol. The Balaban J connectivity index is 1.56. The second-order valence-corrected chi connectivity index (χ2v) is 15.0. The molecular formula is C21H33N3O5S3. The molecule has 3 fully saturated rings. The molecule has 0 bridgehead atoms. The maximum atomic E-state index is 13.5. The number of piperidine rings is 1. The van der Waals surface area contributed by atoms with Crippen molar-refractivity contribution in [2.24, 2.45) is 23.5 Å². The van der Waals surface area contributed by atoms with Crippen molar-refractivity contribution in [2.45, 2.75) is 49.3 Å². The van der Waals surface area contributed by atoms with Gasteiger partial charge in [-0.1, -0.05) is 32.1 Å². The summed E-state index contributed by atoms with van der Waals surface area (Å²) in [5.74, 6) is 0.0132. The fourth-order valence-corrected chi connectivity index (χ4v) is 9.48. The van der Waals surface area contributed by atoms with E-state index in [4.69, 9.17) is 5.73 Å². The Morgan fingerprint density at radius 2 is 1.75 bits per heavy atom. The highest BCUT2D eigenvalue weighted by atomic mass is 32.2. The van der Waals surface area contributed by atoms with E-state index in [2.05, 4.69) is 0 Å². The zero-order valence-electron chi connectivity index (χ0n) is 18.3. The number of hydrogen-bond donors (Lipinski definition) is 1. The Morgan fingerprint density at radius 3 is 2.38 bits per heavy atom. The topological polar surface area (TPSA) is 118 Å². The Bertz CT molecular complexity index is 1020. The van der Waals surface area contributed by atoms with Crippen LogP contribution in [0, 0.1) is 17.8 Å². The summed E-state index contributed by atoms with van der Waals surface area (Å²) >= 11 is 1.19. The number of amides is 1. The maximum absolute atomic E-state index is 13.5. The normalized spacial score (nSPS) is 28.0. The van der Waals surface area contributed by atoms with Crippen LogP contribution in [0.3, 0.4) is 0 Å². The molecule has 0 spiro atoms. The van der Waals surface area contributed by atoms with Gasteiger partial charge in [0.15, 0.2) is 9.84 Å². The highest BCUT2D eigenvalue weighted by Gasteiger charge is 2.42. The number of carbonyl (C=O) groups is 1. The molecule has 2 atom stereocenters. The van der Waals surface area contributed by atoms with Crippen molar-refractivity contribution < 1.29 is 21.6 Å². The van der Waals surface area contributed by atoms with E-state index in [-0.39, 0.29) is 47.2 Å². The first-order valence-electron chi connectivity index (χ1n) is 11.5. The number of sulfonamides is 1. The van der Waals surface area contributed by atoms with E-state index in [1.807, 2.05) is 0 Å². The van der Waals surface area contributed by atoms with Crippen LogP contribution in [0.2, 0.25) is 0 Å². The predicted octanol–water partition coefficient (Wildman–Crippen LogP) is 1.67. The lowest BCUT2D eigenvalue weighted by atomic mass is 9.74. The number of carbonyl (C=O) groups excluding carboxylic acids is 1. The number of nitrogens with zero attached hydrogens (tertiary/aromatic N) is 2. The van der Waals surface area contributed by atoms with Gasteiger partial charge in [-0.2, -0.15) is 4.31 Å². The van der Waals surface area contributed by atoms with Crippen molar-refractivity contribution in [2.75, 3.05) is 37.7 Å². The molecule has 2 saturated heterocycles. The van der Waals surface area contributed by atoms with E-state index >= 15 is 0 Å². The van der Waals surface area contributed by atoms with Crippen LogP contribution in [0.5, 0.6) is 0 Å². The van der Waals surface area contributed by atoms with Gasteiger partial charge in [0.05, 0.1) is 17.4 Å². The van der Waals surface area contributed by atoms with Crippen molar-refractivity contribution >= 4 is 37.1 Å². The molecule has 1 aliphatic carbocycles. The number of rotatable bonds is 5. The van der Waals surface area contributed by atoms with Crippen LogP contribution in [-0.2, 0) is 31.2 Å². The Morgan fingerprint density at radius 1 is 1.06 bits per heavy atom. The molecule has 3 aliphatic rings. The molecule has 2 aliphatic heterocycles. The minimum atomic E-state index is -3.71. The summed E-state index contributed by atoms with van der Waals surface area (Å²) in [4.78, 5) is 15.8. The van der Waals surface area contributed by atoms with E-state index in [1.54, 1.807) is 17.0 Å². The van der Waals surface area contributed by atoms with E-state index in [1.165, 1.54) is 22.1 Å². The third-order valence-electron chi connectivity index (χ3n) is 7.20. The molecule has 180 valence electrons. The first-order chi connectivity index (χ1) is 15.2. The smallest absolute Gasteiger partial charge is 0.252 e. The fraction of sp³-hybridized carbons (Fsp3) is 0.762. The van der Waals surface area contributed by atoms with E-state index in [0.717, 1.165) is 30.6 Å². The zero-order valence-corrected chi connectivity index (χ0v) is 20.8. The van der Waals surface area contributed by atoms with Gasteiger partial charge in [0, 0.05) is 37.6 Å². The number of sulfone groups is 1. The zero-order chi connectivity index (χ0) is 22.9. The second kappa shape index (κ2) is 9.69. The lowest BCUT2D eigenvalue weighted by Crippen LogP contribution is -2.53. The van der Waals surface area contributed by atoms with Crippen molar-refractivity contribution in [1.29, 1.82) is 0 Å². The van der Waals surface area contributed by atoms with E-state index < -0.39 is 25.8 Å². The number of thiophene rings is 1. The maximum Gasteiger partial charge on any atom is 0.252 e. The average molecular weight is 504 g/mol. The first-order valence-corrected chi connectivity index (χ1v) is 15.6. The first kappa shape index (κ1) is 24.1. The molecule has 3 heterocycles. The quantitative estimate of drug-likeness (QED) is 0.653. The number of nitrogens with two attached hydrogens (primary N) is 1. The Labute approximate surface area is 195 Å². The lowest BCUT2D eigenvalue weighted by molar-refractivity contribution is -0.137. The molecule has 11 heteroatoms. The monoisotopic (exact) mass is 503 g/mol. The molecule has 1 saturated carbocycles. The van der Waals surface area contributed by atoms with Gasteiger partial charge >= 0.3 is 0 Å². The summed E-state index contributed by atoms with van der Waals surface area (Å²) in [5.41, 5.74) is 5.68. The van der Waals surface area contributed by atoms with Crippen LogP contribution in [0.25, 0.3) is 0 Å². The Hall–Kier alpha value is -1.01. The number of hydrogen-bond acceptors (Lipinski definition) is 7. The molecule has 8 nitrogen and oxygen atoms in total. The van der Waals surface area contributed by atoms with Gasteiger partial charge in [-0.05, 0) is 30.4 Å². The van der Waals surface area contributed by atoms with Gasteiger partial charge in [-0.15, -0.1) is 11.3 Å². The fourth-order valence-electron chi connectivity index (χ4n) is 5.34.